The van der Waals surface area contributed by atoms with Crippen molar-refractivity contribution in [2.45, 2.75) is 26.2 Å². The second kappa shape index (κ2) is 4.59. The Kier molecular flexibility index (Phi) is 3.21. The number of nitro groups is 1. The van der Waals surface area contributed by atoms with Gasteiger partial charge < -0.3 is 5.73 Å². The molecule has 7 nitrogen and oxygen atoms in total. The first kappa shape index (κ1) is 14.0. The molecule has 1 heterocycles. The number of rotatable bonds is 2. The molecule has 0 unspecified atom stereocenters. The van der Waals surface area contributed by atoms with Crippen molar-refractivity contribution >= 4 is 11.4 Å². The number of hydrogen-bond donors (Lipinski definition) is 1. The second-order valence-corrected chi connectivity index (χ2v) is 5.66. The zero-order valence-electron chi connectivity index (χ0n) is 11.9. The van der Waals surface area contributed by atoms with Crippen molar-refractivity contribution in [3.63, 3.8) is 0 Å². The van der Waals surface area contributed by atoms with E-state index in [9.17, 15) is 10.1 Å². The van der Waals surface area contributed by atoms with Crippen molar-refractivity contribution in [2.24, 2.45) is 7.05 Å². The maximum atomic E-state index is 10.9. The van der Waals surface area contributed by atoms with E-state index in [0.717, 1.165) is 0 Å². The van der Waals surface area contributed by atoms with E-state index in [0.29, 0.717) is 17.2 Å². The molecule has 0 radical (unpaired) electrons. The van der Waals surface area contributed by atoms with Crippen LogP contribution >= 0.6 is 0 Å². The van der Waals surface area contributed by atoms with Gasteiger partial charge in [-0.2, -0.15) is 5.10 Å². The predicted molar refractivity (Wildman–Crippen MR) is 76.2 cm³/mol. The molecule has 1 aromatic heterocycles. The zero-order valence-corrected chi connectivity index (χ0v) is 11.9. The van der Waals surface area contributed by atoms with Crippen molar-refractivity contribution in [3.8, 4) is 11.4 Å². The number of nitrogens with zero attached hydrogens (tertiary/aromatic N) is 4. The van der Waals surface area contributed by atoms with Crippen molar-refractivity contribution in [1.29, 1.82) is 0 Å². The minimum Gasteiger partial charge on any atom is -0.393 e. The van der Waals surface area contributed by atoms with Crippen LogP contribution in [0.1, 0.15) is 26.6 Å². The van der Waals surface area contributed by atoms with Gasteiger partial charge in [0.15, 0.2) is 11.6 Å². The standard InChI is InChI=1S/C13H17N5O2/c1-13(2,3)12-15-11(17(4)16-12)8-5-6-9(14)10(7-8)18(19)20/h5-7H,14H2,1-4H3. The largest absolute Gasteiger partial charge is 0.393 e. The van der Waals surface area contributed by atoms with Crippen LogP contribution in [-0.4, -0.2) is 19.7 Å². The van der Waals surface area contributed by atoms with Crippen LogP contribution in [0.5, 0.6) is 0 Å². The summed E-state index contributed by atoms with van der Waals surface area (Å²) in [7, 11) is 1.76. The number of benzene rings is 1. The quantitative estimate of drug-likeness (QED) is 0.514. The molecule has 0 atom stereocenters. The fraction of sp³-hybridized carbons (Fsp3) is 0.385. The van der Waals surface area contributed by atoms with Crippen LogP contribution in [0.3, 0.4) is 0 Å². The molecule has 0 aliphatic carbocycles. The Morgan fingerprint density at radius 3 is 2.50 bits per heavy atom. The van der Waals surface area contributed by atoms with E-state index in [4.69, 9.17) is 5.73 Å². The van der Waals surface area contributed by atoms with Crippen LogP contribution in [0.15, 0.2) is 18.2 Å². The van der Waals surface area contributed by atoms with Gasteiger partial charge in [-0.15, -0.1) is 0 Å². The highest BCUT2D eigenvalue weighted by Gasteiger charge is 2.22. The molecule has 0 fully saturated rings. The fourth-order valence-corrected chi connectivity index (χ4v) is 1.79. The van der Waals surface area contributed by atoms with Crippen molar-refractivity contribution in [1.82, 2.24) is 14.8 Å². The molecule has 0 saturated carbocycles. The van der Waals surface area contributed by atoms with Gasteiger partial charge in [0.2, 0.25) is 0 Å². The van der Waals surface area contributed by atoms with Gasteiger partial charge >= 0.3 is 0 Å². The third-order valence-electron chi connectivity index (χ3n) is 2.92. The lowest BCUT2D eigenvalue weighted by molar-refractivity contribution is -0.383. The smallest absolute Gasteiger partial charge is 0.292 e. The molecule has 0 bridgehead atoms. The summed E-state index contributed by atoms with van der Waals surface area (Å²) in [6.45, 7) is 6.03. The molecule has 2 rings (SSSR count). The third-order valence-corrected chi connectivity index (χ3v) is 2.92. The molecule has 2 aromatic rings. The third kappa shape index (κ3) is 2.47. The highest BCUT2D eigenvalue weighted by Crippen LogP contribution is 2.29. The molecule has 0 aliphatic rings. The molecule has 0 spiro atoms. The normalized spacial score (nSPS) is 11.6. The number of aromatic nitrogens is 3. The monoisotopic (exact) mass is 275 g/mol. The Hall–Kier alpha value is -2.44. The first-order valence-corrected chi connectivity index (χ1v) is 6.16. The average Bonchev–Trinajstić information content (AvgIpc) is 2.71. The van der Waals surface area contributed by atoms with Gasteiger partial charge in [0.1, 0.15) is 5.69 Å². The fourth-order valence-electron chi connectivity index (χ4n) is 1.79. The maximum Gasteiger partial charge on any atom is 0.292 e. The highest BCUT2D eigenvalue weighted by atomic mass is 16.6. The molecular weight excluding hydrogens is 258 g/mol. The average molecular weight is 275 g/mol. The molecule has 20 heavy (non-hydrogen) atoms. The molecule has 2 N–H and O–H groups in total. The predicted octanol–water partition coefficient (Wildman–Crippen LogP) is 2.27. The molecular formula is C13H17N5O2. The Morgan fingerprint density at radius 1 is 1.35 bits per heavy atom. The zero-order chi connectivity index (χ0) is 15.1. The Morgan fingerprint density at radius 2 is 2.00 bits per heavy atom. The lowest BCUT2D eigenvalue weighted by Gasteiger charge is -2.11. The van der Waals surface area contributed by atoms with E-state index in [2.05, 4.69) is 10.1 Å². The Balaban J connectivity index is 2.55. The minimum atomic E-state index is -0.500. The Bertz CT molecular complexity index is 670. The number of nitrogens with two attached hydrogens (primary N) is 1. The summed E-state index contributed by atoms with van der Waals surface area (Å²) in [6.07, 6.45) is 0. The van der Waals surface area contributed by atoms with Gasteiger partial charge in [-0.1, -0.05) is 20.8 Å². The number of anilines is 1. The van der Waals surface area contributed by atoms with Crippen LogP contribution in [0.4, 0.5) is 11.4 Å². The number of nitrogen functional groups attached to an aromatic ring is 1. The van der Waals surface area contributed by atoms with Crippen LogP contribution in [-0.2, 0) is 12.5 Å². The molecule has 0 amide bonds. The van der Waals surface area contributed by atoms with E-state index in [1.807, 2.05) is 20.8 Å². The number of hydrogen-bond acceptors (Lipinski definition) is 5. The van der Waals surface area contributed by atoms with Crippen LogP contribution in [0.25, 0.3) is 11.4 Å². The van der Waals surface area contributed by atoms with Gasteiger partial charge in [-0.25, -0.2) is 9.67 Å². The van der Waals surface area contributed by atoms with Crippen molar-refractivity contribution < 1.29 is 4.92 Å². The van der Waals surface area contributed by atoms with Gasteiger partial charge in [0.25, 0.3) is 5.69 Å². The molecule has 0 saturated heterocycles. The number of aryl methyl sites for hydroxylation is 1. The molecule has 0 aliphatic heterocycles. The van der Waals surface area contributed by atoms with Crippen molar-refractivity contribution in [2.75, 3.05) is 5.73 Å². The van der Waals surface area contributed by atoms with Gasteiger partial charge in [0, 0.05) is 24.1 Å². The molecule has 7 heteroatoms. The maximum absolute atomic E-state index is 10.9. The molecule has 1 aromatic carbocycles. The van der Waals surface area contributed by atoms with E-state index >= 15 is 0 Å². The van der Waals surface area contributed by atoms with Crippen LogP contribution < -0.4 is 5.73 Å². The van der Waals surface area contributed by atoms with Gasteiger partial charge in [-0.3, -0.25) is 10.1 Å². The van der Waals surface area contributed by atoms with E-state index < -0.39 is 4.92 Å². The second-order valence-electron chi connectivity index (χ2n) is 5.66. The summed E-state index contributed by atoms with van der Waals surface area (Å²) in [5.74, 6) is 1.27. The molecule has 106 valence electrons. The SMILES string of the molecule is Cn1nc(C(C)(C)C)nc1-c1ccc(N)c([N+](=O)[O-])c1. The topological polar surface area (TPSA) is 99.9 Å². The van der Waals surface area contributed by atoms with E-state index in [-0.39, 0.29) is 16.8 Å². The van der Waals surface area contributed by atoms with Gasteiger partial charge in [-0.05, 0) is 12.1 Å². The summed E-state index contributed by atoms with van der Waals surface area (Å²) in [6, 6.07) is 4.64. The first-order valence-electron chi connectivity index (χ1n) is 6.16. The summed E-state index contributed by atoms with van der Waals surface area (Å²) >= 11 is 0. The van der Waals surface area contributed by atoms with Crippen LogP contribution in [0, 0.1) is 10.1 Å². The summed E-state index contributed by atoms with van der Waals surface area (Å²) < 4.78 is 1.62. The lowest BCUT2D eigenvalue weighted by Crippen LogP contribution is -2.13. The lowest BCUT2D eigenvalue weighted by atomic mass is 9.96. The van der Waals surface area contributed by atoms with Crippen LogP contribution in [0.2, 0.25) is 0 Å². The van der Waals surface area contributed by atoms with Crippen molar-refractivity contribution in [3.05, 3.63) is 34.1 Å². The minimum absolute atomic E-state index is 0.122. The van der Waals surface area contributed by atoms with E-state index in [1.54, 1.807) is 17.8 Å². The first-order chi connectivity index (χ1) is 9.20. The Labute approximate surface area is 116 Å². The highest BCUT2D eigenvalue weighted by molar-refractivity contribution is 5.68. The van der Waals surface area contributed by atoms with Gasteiger partial charge in [0.05, 0.1) is 4.92 Å². The summed E-state index contributed by atoms with van der Waals surface area (Å²) in [5.41, 5.74) is 6.05. The van der Waals surface area contributed by atoms with E-state index in [1.165, 1.54) is 12.1 Å². The number of nitro benzene ring substituents is 1. The summed E-state index contributed by atoms with van der Waals surface area (Å²) in [4.78, 5) is 14.9. The summed E-state index contributed by atoms with van der Waals surface area (Å²) in [5, 5.41) is 15.3.